The number of hydrogen-bond donors (Lipinski definition) is 1. The van der Waals surface area contributed by atoms with Gasteiger partial charge in [-0.3, -0.25) is 4.90 Å². The Balaban J connectivity index is 2.06. The zero-order chi connectivity index (χ0) is 8.55. The average molecular weight is 171 g/mol. The first-order valence-corrected chi connectivity index (χ1v) is 4.82. The Morgan fingerprint density at radius 1 is 1.33 bits per heavy atom. The van der Waals surface area contributed by atoms with Crippen LogP contribution in [0.5, 0.6) is 0 Å². The topological polar surface area (TPSA) is 32.7 Å². The number of hydrogen-bond acceptors (Lipinski definition) is 3. The minimum absolute atomic E-state index is 0.0910. The van der Waals surface area contributed by atoms with Crippen molar-refractivity contribution in [2.45, 2.75) is 38.0 Å². The Morgan fingerprint density at radius 2 is 1.92 bits per heavy atom. The van der Waals surface area contributed by atoms with E-state index >= 15 is 0 Å². The summed E-state index contributed by atoms with van der Waals surface area (Å²) >= 11 is 0. The van der Waals surface area contributed by atoms with Crippen molar-refractivity contribution in [1.29, 1.82) is 0 Å². The second kappa shape index (κ2) is 3.32. The van der Waals surface area contributed by atoms with Crippen LogP contribution in [0.2, 0.25) is 0 Å². The minimum atomic E-state index is -0.0910. The van der Waals surface area contributed by atoms with Gasteiger partial charge in [-0.1, -0.05) is 6.92 Å². The molecule has 2 saturated heterocycles. The van der Waals surface area contributed by atoms with E-state index in [2.05, 4.69) is 11.8 Å². The number of rotatable bonds is 1. The highest BCUT2D eigenvalue weighted by Gasteiger charge is 2.37. The van der Waals surface area contributed by atoms with E-state index in [1.807, 2.05) is 0 Å². The molecule has 12 heavy (non-hydrogen) atoms. The molecule has 2 aliphatic heterocycles. The van der Waals surface area contributed by atoms with Crippen molar-refractivity contribution in [3.63, 3.8) is 0 Å². The quantitative estimate of drug-likeness (QED) is 0.613. The minimum Gasteiger partial charge on any atom is -0.393 e. The standard InChI is InChI=1S/C9H17NO2/c1-2-10-7-3-9(11)4-8(10)6-12-5-7/h7-9,11H,2-6H2,1H3/t7-,8?,9?/m0/s1. The molecular weight excluding hydrogens is 154 g/mol. The lowest BCUT2D eigenvalue weighted by atomic mass is 9.92. The largest absolute Gasteiger partial charge is 0.393 e. The van der Waals surface area contributed by atoms with Crippen LogP contribution in [0.3, 0.4) is 0 Å². The van der Waals surface area contributed by atoms with Crippen LogP contribution in [0, 0.1) is 0 Å². The van der Waals surface area contributed by atoms with Gasteiger partial charge in [-0.2, -0.15) is 0 Å². The number of piperidine rings is 1. The van der Waals surface area contributed by atoms with Crippen molar-refractivity contribution < 1.29 is 9.84 Å². The molecule has 0 aromatic carbocycles. The second-order valence-electron chi connectivity index (χ2n) is 3.80. The Kier molecular flexibility index (Phi) is 2.35. The summed E-state index contributed by atoms with van der Waals surface area (Å²) in [6, 6.07) is 0.940. The lowest BCUT2D eigenvalue weighted by Crippen LogP contribution is -2.57. The fraction of sp³-hybridized carbons (Fsp3) is 1.00. The number of likely N-dealkylation sites (N-methyl/N-ethyl adjacent to an activating group) is 1. The van der Waals surface area contributed by atoms with Crippen LogP contribution in [0.1, 0.15) is 19.8 Å². The fourth-order valence-electron chi connectivity index (χ4n) is 2.48. The van der Waals surface area contributed by atoms with Gasteiger partial charge in [0.05, 0.1) is 19.3 Å². The molecule has 1 N–H and O–H groups in total. The third-order valence-corrected chi connectivity index (χ3v) is 3.01. The maximum absolute atomic E-state index is 9.55. The third-order valence-electron chi connectivity index (χ3n) is 3.01. The molecule has 0 aromatic heterocycles. The smallest absolute Gasteiger partial charge is 0.0623 e. The predicted octanol–water partition coefficient (Wildman–Crippen LogP) is 0.230. The first-order valence-electron chi connectivity index (χ1n) is 4.82. The van der Waals surface area contributed by atoms with E-state index in [4.69, 9.17) is 4.74 Å². The molecule has 3 heteroatoms. The van der Waals surface area contributed by atoms with Crippen LogP contribution in [0.25, 0.3) is 0 Å². The summed E-state index contributed by atoms with van der Waals surface area (Å²) < 4.78 is 5.46. The van der Waals surface area contributed by atoms with Crippen molar-refractivity contribution in [2.24, 2.45) is 0 Å². The molecule has 0 saturated carbocycles. The molecule has 2 unspecified atom stereocenters. The van der Waals surface area contributed by atoms with Crippen molar-refractivity contribution >= 4 is 0 Å². The van der Waals surface area contributed by atoms with Gasteiger partial charge in [0.1, 0.15) is 0 Å². The van der Waals surface area contributed by atoms with Gasteiger partial charge in [-0.25, -0.2) is 0 Å². The lowest BCUT2D eigenvalue weighted by molar-refractivity contribution is -0.102. The number of ether oxygens (including phenoxy) is 1. The van der Waals surface area contributed by atoms with Gasteiger partial charge >= 0.3 is 0 Å². The Morgan fingerprint density at radius 3 is 2.42 bits per heavy atom. The van der Waals surface area contributed by atoms with Crippen LogP contribution in [0.15, 0.2) is 0 Å². The molecule has 2 rings (SSSR count). The van der Waals surface area contributed by atoms with Crippen LogP contribution in [-0.4, -0.2) is 48.0 Å². The summed E-state index contributed by atoms with van der Waals surface area (Å²) in [7, 11) is 0. The Bertz CT molecular complexity index is 149. The highest BCUT2D eigenvalue weighted by atomic mass is 16.5. The van der Waals surface area contributed by atoms with Crippen LogP contribution in [-0.2, 0) is 4.74 Å². The van der Waals surface area contributed by atoms with Crippen LogP contribution >= 0.6 is 0 Å². The molecule has 0 spiro atoms. The number of morpholine rings is 1. The third kappa shape index (κ3) is 1.37. The first-order chi connectivity index (χ1) is 5.81. The highest BCUT2D eigenvalue weighted by molar-refractivity contribution is 4.90. The van der Waals surface area contributed by atoms with Gasteiger partial charge in [0, 0.05) is 12.1 Å². The number of aliphatic hydroxyl groups is 1. The molecule has 3 atom stereocenters. The van der Waals surface area contributed by atoms with E-state index in [1.165, 1.54) is 0 Å². The van der Waals surface area contributed by atoms with Crippen molar-refractivity contribution in [1.82, 2.24) is 4.90 Å². The first kappa shape index (κ1) is 8.48. The maximum Gasteiger partial charge on any atom is 0.0623 e. The van der Waals surface area contributed by atoms with Gasteiger partial charge in [0.25, 0.3) is 0 Å². The van der Waals surface area contributed by atoms with E-state index in [1.54, 1.807) is 0 Å². The average Bonchev–Trinajstić information content (AvgIpc) is 2.02. The van der Waals surface area contributed by atoms with Crippen LogP contribution in [0.4, 0.5) is 0 Å². The monoisotopic (exact) mass is 171 g/mol. The number of aliphatic hydroxyl groups excluding tert-OH is 1. The number of nitrogens with zero attached hydrogens (tertiary/aromatic N) is 1. The van der Waals surface area contributed by atoms with Crippen molar-refractivity contribution in [3.8, 4) is 0 Å². The highest BCUT2D eigenvalue weighted by Crippen LogP contribution is 2.26. The zero-order valence-corrected chi connectivity index (χ0v) is 7.57. The van der Waals surface area contributed by atoms with Crippen molar-refractivity contribution in [3.05, 3.63) is 0 Å². The summed E-state index contributed by atoms with van der Waals surface area (Å²) in [6.07, 6.45) is 1.70. The molecule has 0 aromatic rings. The SMILES string of the molecule is CCN1C2COC[C@@H]1CC(O)C2. The van der Waals surface area contributed by atoms with Gasteiger partial charge in [-0.05, 0) is 19.4 Å². The van der Waals surface area contributed by atoms with Gasteiger partial charge in [-0.15, -0.1) is 0 Å². The summed E-state index contributed by atoms with van der Waals surface area (Å²) in [6.45, 7) is 4.89. The van der Waals surface area contributed by atoms with E-state index in [0.717, 1.165) is 32.6 Å². The summed E-state index contributed by atoms with van der Waals surface area (Å²) in [5.74, 6) is 0. The summed E-state index contributed by atoms with van der Waals surface area (Å²) in [4.78, 5) is 2.47. The molecule has 2 heterocycles. The molecule has 2 aliphatic rings. The maximum atomic E-state index is 9.55. The van der Waals surface area contributed by atoms with E-state index in [-0.39, 0.29) is 6.10 Å². The molecule has 0 radical (unpaired) electrons. The molecule has 0 amide bonds. The molecule has 0 aliphatic carbocycles. The summed E-state index contributed by atoms with van der Waals surface area (Å²) in [5, 5.41) is 9.55. The second-order valence-corrected chi connectivity index (χ2v) is 3.80. The van der Waals surface area contributed by atoms with E-state index in [9.17, 15) is 5.11 Å². The van der Waals surface area contributed by atoms with E-state index in [0.29, 0.717) is 12.1 Å². The Hall–Kier alpha value is -0.120. The van der Waals surface area contributed by atoms with Gasteiger partial charge < -0.3 is 9.84 Å². The molecule has 2 bridgehead atoms. The lowest BCUT2D eigenvalue weighted by Gasteiger charge is -2.46. The van der Waals surface area contributed by atoms with Gasteiger partial charge in [0.2, 0.25) is 0 Å². The molecule has 3 nitrogen and oxygen atoms in total. The fourth-order valence-corrected chi connectivity index (χ4v) is 2.48. The van der Waals surface area contributed by atoms with Crippen molar-refractivity contribution in [2.75, 3.05) is 19.8 Å². The zero-order valence-electron chi connectivity index (χ0n) is 7.57. The number of fused-ring (bicyclic) bond motifs is 2. The molecule has 70 valence electrons. The van der Waals surface area contributed by atoms with E-state index < -0.39 is 0 Å². The van der Waals surface area contributed by atoms with Gasteiger partial charge in [0.15, 0.2) is 0 Å². The molecule has 2 fully saturated rings. The summed E-state index contributed by atoms with van der Waals surface area (Å²) in [5.41, 5.74) is 0. The molecular formula is C9H17NO2. The van der Waals surface area contributed by atoms with Crippen LogP contribution < -0.4 is 0 Å². The normalized spacial score (nSPS) is 43.0. The predicted molar refractivity (Wildman–Crippen MR) is 46.0 cm³/mol. The Labute approximate surface area is 73.3 Å².